The fraction of sp³-hybridized carbons (Fsp3) is 0.267. The van der Waals surface area contributed by atoms with E-state index < -0.39 is 18.7 Å². The SMILES string of the molecule is Cc1cc(OCc2c(-c3ccccc3OC(F)(F)F)noc2C2CC2)ccc1-c1ccc2cc(C(=O)O)n(C)c2c1.OCc1c(-c2ccccc2OC(F)(F)F)noc1C1CC1. The zero-order valence-electron chi connectivity index (χ0n) is 33.0. The largest absolute Gasteiger partial charge is 0.573 e. The summed E-state index contributed by atoms with van der Waals surface area (Å²) in [7, 11) is 1.72. The normalized spacial score (nSPS) is 14.1. The molecule has 322 valence electrons. The highest BCUT2D eigenvalue weighted by Crippen LogP contribution is 2.47. The number of fused-ring (bicyclic) bond motifs is 1. The average Bonchev–Trinajstić information content (AvgIpc) is 4.14. The summed E-state index contributed by atoms with van der Waals surface area (Å²) in [5.41, 5.74) is 5.64. The van der Waals surface area contributed by atoms with Gasteiger partial charge in [0.2, 0.25) is 0 Å². The second-order valence-corrected chi connectivity index (χ2v) is 15.0. The van der Waals surface area contributed by atoms with Gasteiger partial charge in [-0.1, -0.05) is 52.8 Å². The summed E-state index contributed by atoms with van der Waals surface area (Å²) in [6.07, 6.45) is -5.95. The van der Waals surface area contributed by atoms with Crippen LogP contribution in [0.3, 0.4) is 0 Å². The lowest BCUT2D eigenvalue weighted by molar-refractivity contribution is -0.275. The summed E-state index contributed by atoms with van der Waals surface area (Å²) in [6.45, 7) is 1.66. The van der Waals surface area contributed by atoms with E-state index in [2.05, 4.69) is 19.8 Å². The number of hydrogen-bond acceptors (Lipinski definition) is 9. The summed E-state index contributed by atoms with van der Waals surface area (Å²) in [6, 6.07) is 24.6. The summed E-state index contributed by atoms with van der Waals surface area (Å²) in [4.78, 5) is 11.5. The molecule has 0 saturated heterocycles. The number of carboxylic acid groups (broad SMARTS) is 1. The Morgan fingerprint density at radius 1 is 0.742 bits per heavy atom. The monoisotopic (exact) mass is 861 g/mol. The Labute approximate surface area is 349 Å². The van der Waals surface area contributed by atoms with Crippen LogP contribution in [0.1, 0.15) is 76.2 Å². The minimum absolute atomic E-state index is 0.0527. The Hall–Kier alpha value is -6.75. The van der Waals surface area contributed by atoms with E-state index in [0.717, 1.165) is 53.3 Å². The second kappa shape index (κ2) is 16.6. The number of carbonyl (C=O) groups is 1. The van der Waals surface area contributed by atoms with Gasteiger partial charge in [-0.25, -0.2) is 4.79 Å². The molecule has 2 N–H and O–H groups in total. The molecular weight excluding hydrogens is 824 g/mol. The van der Waals surface area contributed by atoms with Crippen LogP contribution in [0.15, 0.2) is 100 Å². The number of ether oxygens (including phenoxy) is 3. The number of aliphatic hydroxyl groups excluding tert-OH is 1. The molecule has 4 aromatic carbocycles. The fourth-order valence-electron chi connectivity index (χ4n) is 7.35. The molecule has 0 amide bonds. The standard InChI is InChI=1S/C31H25F3N2O5.C14H12F3NO3/c1-17-13-21(11-12-22(17)19-9-10-20-15-26(30(37)38)36(2)25(20)14-19)39-16-24-28(35-41-29(24)18-7-8-18)23-5-3-4-6-27(23)40-31(32,33)34;15-14(16,17)20-11-4-2-1-3-9(11)12-10(7-19)13(21-18-12)8-5-6-8/h3-6,9-15,18H,7-8,16H2,1-2H3,(H,37,38);1-4,8,19H,5-7H2. The molecule has 2 aliphatic carbocycles. The van der Waals surface area contributed by atoms with Crippen molar-refractivity contribution in [2.24, 2.45) is 7.05 Å². The van der Waals surface area contributed by atoms with Crippen molar-refractivity contribution >= 4 is 16.9 Å². The molecule has 62 heavy (non-hydrogen) atoms. The molecule has 3 aromatic heterocycles. The van der Waals surface area contributed by atoms with Gasteiger partial charge in [0, 0.05) is 46.5 Å². The molecule has 7 aromatic rings. The first-order chi connectivity index (χ1) is 29.6. The van der Waals surface area contributed by atoms with Crippen molar-refractivity contribution in [3.05, 3.63) is 125 Å². The average molecular weight is 862 g/mol. The number of hydrogen-bond donors (Lipinski definition) is 2. The number of aromatic carboxylic acids is 1. The van der Waals surface area contributed by atoms with E-state index in [4.69, 9.17) is 13.8 Å². The third-order valence-corrected chi connectivity index (χ3v) is 10.6. The topological polar surface area (TPSA) is 142 Å². The maximum atomic E-state index is 13.1. The highest BCUT2D eigenvalue weighted by molar-refractivity contribution is 5.96. The number of benzene rings is 4. The second-order valence-electron chi connectivity index (χ2n) is 15.0. The van der Waals surface area contributed by atoms with Gasteiger partial charge in [0.1, 0.15) is 52.5 Å². The molecule has 3 heterocycles. The van der Waals surface area contributed by atoms with Crippen molar-refractivity contribution in [1.29, 1.82) is 0 Å². The Bertz CT molecular complexity index is 2760. The number of alkyl halides is 6. The molecule has 0 bridgehead atoms. The molecule has 17 heteroatoms. The van der Waals surface area contributed by atoms with Crippen LogP contribution in [-0.2, 0) is 20.3 Å². The Balaban J connectivity index is 0.000000211. The molecule has 9 rings (SSSR count). The van der Waals surface area contributed by atoms with Gasteiger partial charge in [-0.2, -0.15) is 0 Å². The zero-order chi connectivity index (χ0) is 43.9. The van der Waals surface area contributed by atoms with E-state index in [-0.39, 0.29) is 64.8 Å². The van der Waals surface area contributed by atoms with E-state index in [1.54, 1.807) is 29.8 Å². The van der Waals surface area contributed by atoms with Crippen molar-refractivity contribution in [2.75, 3.05) is 0 Å². The molecule has 11 nitrogen and oxygen atoms in total. The molecule has 0 aliphatic heterocycles. The molecule has 2 aliphatic rings. The smallest absolute Gasteiger partial charge is 0.489 e. The quantitative estimate of drug-likeness (QED) is 0.114. The zero-order valence-corrected chi connectivity index (χ0v) is 33.0. The minimum atomic E-state index is -4.85. The van der Waals surface area contributed by atoms with E-state index in [1.165, 1.54) is 36.4 Å². The van der Waals surface area contributed by atoms with E-state index >= 15 is 0 Å². The molecule has 0 radical (unpaired) electrons. The third-order valence-electron chi connectivity index (χ3n) is 10.6. The van der Waals surface area contributed by atoms with Crippen molar-refractivity contribution in [1.82, 2.24) is 14.9 Å². The maximum Gasteiger partial charge on any atom is 0.573 e. The van der Waals surface area contributed by atoms with E-state index in [9.17, 15) is 41.4 Å². The first-order valence-electron chi connectivity index (χ1n) is 19.4. The molecule has 0 unspecified atom stereocenters. The Kier molecular flexibility index (Phi) is 11.2. The van der Waals surface area contributed by atoms with Gasteiger partial charge in [0.05, 0.1) is 12.2 Å². The Morgan fingerprint density at radius 3 is 1.81 bits per heavy atom. The van der Waals surface area contributed by atoms with E-state index in [1.807, 2.05) is 43.3 Å². The molecule has 0 spiro atoms. The number of carboxylic acids is 1. The number of nitrogens with zero attached hydrogens (tertiary/aromatic N) is 3. The number of aromatic nitrogens is 3. The molecule has 2 fully saturated rings. The van der Waals surface area contributed by atoms with Gasteiger partial charge in [-0.3, -0.25) is 0 Å². The third kappa shape index (κ3) is 9.12. The van der Waals surface area contributed by atoms with Crippen molar-refractivity contribution in [3.63, 3.8) is 0 Å². The van der Waals surface area contributed by atoms with Crippen molar-refractivity contribution in [2.45, 2.75) is 70.4 Å². The summed E-state index contributed by atoms with van der Waals surface area (Å²) < 4.78 is 103. The number of aryl methyl sites for hydroxylation is 2. The van der Waals surface area contributed by atoms with Crippen LogP contribution in [0, 0.1) is 6.92 Å². The highest BCUT2D eigenvalue weighted by Gasteiger charge is 2.37. The van der Waals surface area contributed by atoms with Crippen LogP contribution < -0.4 is 14.2 Å². The van der Waals surface area contributed by atoms with Crippen LogP contribution in [-0.4, -0.2) is 43.8 Å². The lowest BCUT2D eigenvalue weighted by Crippen LogP contribution is -2.17. The van der Waals surface area contributed by atoms with Crippen LogP contribution in [0.2, 0.25) is 0 Å². The van der Waals surface area contributed by atoms with Crippen LogP contribution in [0.25, 0.3) is 44.5 Å². The number of rotatable bonds is 12. The minimum Gasteiger partial charge on any atom is -0.489 e. The van der Waals surface area contributed by atoms with Crippen LogP contribution in [0.4, 0.5) is 26.3 Å². The fourth-order valence-corrected chi connectivity index (χ4v) is 7.35. The first kappa shape index (κ1) is 42.0. The highest BCUT2D eigenvalue weighted by atomic mass is 19.4. The van der Waals surface area contributed by atoms with Gasteiger partial charge in [-0.05, 0) is 97.8 Å². The maximum absolute atomic E-state index is 13.1. The van der Waals surface area contributed by atoms with Gasteiger partial charge in [-0.15, -0.1) is 26.3 Å². The van der Waals surface area contributed by atoms with Crippen LogP contribution in [0.5, 0.6) is 17.2 Å². The Morgan fingerprint density at radius 2 is 1.29 bits per heavy atom. The lowest BCUT2D eigenvalue weighted by atomic mass is 9.99. The van der Waals surface area contributed by atoms with Crippen LogP contribution >= 0.6 is 0 Å². The molecule has 0 atom stereocenters. The number of aliphatic hydroxyl groups is 1. The summed E-state index contributed by atoms with van der Waals surface area (Å²) in [5, 5.41) is 27.7. The van der Waals surface area contributed by atoms with Gasteiger partial charge < -0.3 is 38.0 Å². The van der Waals surface area contributed by atoms with Crippen molar-refractivity contribution in [3.8, 4) is 50.9 Å². The van der Waals surface area contributed by atoms with Gasteiger partial charge in [0.25, 0.3) is 0 Å². The van der Waals surface area contributed by atoms with Crippen molar-refractivity contribution < 1.29 is 64.6 Å². The van der Waals surface area contributed by atoms with E-state index in [0.29, 0.717) is 28.4 Å². The molecular formula is C45H37F6N3O8. The van der Waals surface area contributed by atoms with Gasteiger partial charge in [0.15, 0.2) is 0 Å². The number of halogens is 6. The summed E-state index contributed by atoms with van der Waals surface area (Å²) >= 11 is 0. The lowest BCUT2D eigenvalue weighted by Gasteiger charge is -2.14. The van der Waals surface area contributed by atoms with Gasteiger partial charge >= 0.3 is 18.7 Å². The summed E-state index contributed by atoms with van der Waals surface area (Å²) in [5.74, 6) is 0.389. The predicted molar refractivity (Wildman–Crippen MR) is 212 cm³/mol. The first-order valence-corrected chi connectivity index (χ1v) is 19.4. The predicted octanol–water partition coefficient (Wildman–Crippen LogP) is 11.5. The molecule has 2 saturated carbocycles. The number of para-hydroxylation sites is 2.